The van der Waals surface area contributed by atoms with Crippen molar-refractivity contribution in [3.8, 4) is 11.5 Å². The number of amides is 1. The lowest BCUT2D eigenvalue weighted by molar-refractivity contribution is -0.861. The molecule has 1 rings (SSSR count). The second-order valence-corrected chi connectivity index (χ2v) is 5.33. The summed E-state index contributed by atoms with van der Waals surface area (Å²) in [6.07, 6.45) is 0. The third kappa shape index (κ3) is 5.09. The average Bonchev–Trinajstić information content (AvgIpc) is 2.43. The van der Waals surface area contributed by atoms with Gasteiger partial charge in [-0.2, -0.15) is 0 Å². The number of hydrogen-bond donors (Lipinski definition) is 2. The zero-order valence-electron chi connectivity index (χ0n) is 12.9. The largest absolute Gasteiger partial charge is 0.497 e. The number of rotatable bonds is 7. The van der Waals surface area contributed by atoms with Gasteiger partial charge in [0.2, 0.25) is 0 Å². The van der Waals surface area contributed by atoms with Crippen molar-refractivity contribution in [1.82, 2.24) is 5.32 Å². The van der Waals surface area contributed by atoms with E-state index in [9.17, 15) is 4.79 Å². The smallest absolute Gasteiger partial charge is 0.251 e. The Hall–Kier alpha value is -1.75. The van der Waals surface area contributed by atoms with Crippen molar-refractivity contribution >= 4 is 5.91 Å². The molecule has 0 aliphatic heterocycles. The second-order valence-electron chi connectivity index (χ2n) is 5.33. The number of hydrogen-bond acceptors (Lipinski definition) is 3. The maximum Gasteiger partial charge on any atom is 0.251 e. The summed E-state index contributed by atoms with van der Waals surface area (Å²) in [6.45, 7) is 3.80. The van der Waals surface area contributed by atoms with Crippen LogP contribution in [0.5, 0.6) is 11.5 Å². The minimum Gasteiger partial charge on any atom is -0.497 e. The van der Waals surface area contributed by atoms with Gasteiger partial charge in [-0.25, -0.2) is 0 Å². The van der Waals surface area contributed by atoms with E-state index in [0.717, 1.165) is 6.54 Å². The molecule has 0 radical (unpaired) electrons. The Morgan fingerprint density at radius 2 is 1.75 bits per heavy atom. The van der Waals surface area contributed by atoms with Crippen LogP contribution < -0.4 is 19.7 Å². The van der Waals surface area contributed by atoms with Gasteiger partial charge in [-0.05, 0) is 12.1 Å². The Bertz CT molecular complexity index is 424. The highest BCUT2D eigenvalue weighted by molar-refractivity contribution is 5.95. The van der Waals surface area contributed by atoms with Crippen LogP contribution in [0.2, 0.25) is 0 Å². The van der Waals surface area contributed by atoms with Crippen molar-refractivity contribution < 1.29 is 19.2 Å². The van der Waals surface area contributed by atoms with Crippen molar-refractivity contribution in [2.45, 2.75) is 6.92 Å². The Balaban J connectivity index is 2.67. The highest BCUT2D eigenvalue weighted by Crippen LogP contribution is 2.22. The molecular weight excluding hydrogens is 256 g/mol. The topological polar surface area (TPSA) is 52.0 Å². The molecule has 0 saturated heterocycles. The maximum absolute atomic E-state index is 12.1. The van der Waals surface area contributed by atoms with E-state index < -0.39 is 0 Å². The number of carbonyl (C=O) groups excluding carboxylic acids is 1. The molecule has 0 aliphatic rings. The lowest BCUT2D eigenvalue weighted by atomic mass is 10.1. The average molecular weight is 281 g/mol. The lowest BCUT2D eigenvalue weighted by Gasteiger charge is -2.15. The summed E-state index contributed by atoms with van der Waals surface area (Å²) in [5, 5.41) is 2.94. The number of benzene rings is 1. The van der Waals surface area contributed by atoms with Crippen LogP contribution in [0.1, 0.15) is 17.3 Å². The highest BCUT2D eigenvalue weighted by atomic mass is 16.5. The normalized spacial score (nSPS) is 12.1. The number of quaternary nitrogens is 1. The van der Waals surface area contributed by atoms with Crippen molar-refractivity contribution in [2.75, 3.05) is 41.4 Å². The second kappa shape index (κ2) is 7.75. The fourth-order valence-electron chi connectivity index (χ4n) is 2.08. The van der Waals surface area contributed by atoms with E-state index >= 15 is 0 Å². The first kappa shape index (κ1) is 16.3. The molecule has 1 amide bonds. The monoisotopic (exact) mass is 281 g/mol. The number of ether oxygens (including phenoxy) is 2. The molecule has 0 heterocycles. The van der Waals surface area contributed by atoms with Crippen molar-refractivity contribution in [3.63, 3.8) is 0 Å². The molecule has 0 bridgehead atoms. The van der Waals surface area contributed by atoms with Crippen LogP contribution in [0.15, 0.2) is 18.2 Å². The molecule has 2 N–H and O–H groups in total. The summed E-state index contributed by atoms with van der Waals surface area (Å²) in [6, 6.07) is 5.16. The van der Waals surface area contributed by atoms with Crippen molar-refractivity contribution in [1.29, 1.82) is 0 Å². The van der Waals surface area contributed by atoms with Gasteiger partial charge in [-0.1, -0.05) is 6.92 Å². The molecule has 1 aromatic carbocycles. The van der Waals surface area contributed by atoms with Crippen LogP contribution in [0.3, 0.4) is 0 Å². The van der Waals surface area contributed by atoms with E-state index in [1.54, 1.807) is 32.4 Å². The first-order valence-electron chi connectivity index (χ1n) is 6.76. The van der Waals surface area contributed by atoms with Crippen LogP contribution in [0.25, 0.3) is 0 Å². The molecule has 1 aromatic rings. The van der Waals surface area contributed by atoms with Gasteiger partial charge in [0.05, 0.1) is 34.9 Å². The van der Waals surface area contributed by atoms with E-state index in [1.807, 2.05) is 0 Å². The van der Waals surface area contributed by atoms with Crippen LogP contribution in [0, 0.1) is 5.92 Å². The summed E-state index contributed by atoms with van der Waals surface area (Å²) < 4.78 is 10.3. The molecule has 0 aliphatic carbocycles. The van der Waals surface area contributed by atoms with E-state index in [2.05, 4.69) is 26.3 Å². The predicted molar refractivity (Wildman–Crippen MR) is 78.7 cm³/mol. The van der Waals surface area contributed by atoms with Gasteiger partial charge in [0.15, 0.2) is 0 Å². The number of carbonyl (C=O) groups is 1. The zero-order chi connectivity index (χ0) is 15.1. The SMILES string of the molecule is COc1cc(OC)cc(C(=O)NC[C@@H](C)C[NH+](C)C)c1. The van der Waals surface area contributed by atoms with Gasteiger partial charge < -0.3 is 19.7 Å². The van der Waals surface area contributed by atoms with Gasteiger partial charge in [-0.3, -0.25) is 4.79 Å². The summed E-state index contributed by atoms with van der Waals surface area (Å²) in [5.74, 6) is 1.54. The molecule has 5 nitrogen and oxygen atoms in total. The van der Waals surface area contributed by atoms with Crippen LogP contribution >= 0.6 is 0 Å². The number of methoxy groups -OCH3 is 2. The Morgan fingerprint density at radius 1 is 1.20 bits per heavy atom. The molecule has 0 spiro atoms. The first-order valence-corrected chi connectivity index (χ1v) is 6.76. The maximum atomic E-state index is 12.1. The van der Waals surface area contributed by atoms with Crippen LogP contribution in [-0.2, 0) is 0 Å². The van der Waals surface area contributed by atoms with Gasteiger partial charge in [0.25, 0.3) is 5.91 Å². The Labute approximate surface area is 120 Å². The molecule has 0 unspecified atom stereocenters. The summed E-state index contributed by atoms with van der Waals surface area (Å²) in [5.41, 5.74) is 0.547. The highest BCUT2D eigenvalue weighted by Gasteiger charge is 2.12. The van der Waals surface area contributed by atoms with Crippen molar-refractivity contribution in [3.05, 3.63) is 23.8 Å². The van der Waals surface area contributed by atoms with Crippen LogP contribution in [0.4, 0.5) is 0 Å². The van der Waals surface area contributed by atoms with E-state index in [4.69, 9.17) is 9.47 Å². The predicted octanol–water partition coefficient (Wildman–Crippen LogP) is 0.214. The molecular formula is C15H25N2O3+. The summed E-state index contributed by atoms with van der Waals surface area (Å²) in [7, 11) is 7.34. The summed E-state index contributed by atoms with van der Waals surface area (Å²) >= 11 is 0. The molecule has 5 heteroatoms. The van der Waals surface area contributed by atoms with Gasteiger partial charge in [0.1, 0.15) is 11.5 Å². The Kier molecular flexibility index (Phi) is 6.31. The fourth-order valence-corrected chi connectivity index (χ4v) is 2.08. The van der Waals surface area contributed by atoms with Crippen LogP contribution in [-0.4, -0.2) is 47.3 Å². The zero-order valence-corrected chi connectivity index (χ0v) is 12.9. The minimum absolute atomic E-state index is 0.109. The standard InChI is InChI=1S/C15H24N2O3/c1-11(10-17(2)3)9-16-15(18)12-6-13(19-4)8-14(7-12)20-5/h6-8,11H,9-10H2,1-5H3,(H,16,18)/p+1/t11-/m1/s1. The fraction of sp³-hybridized carbons (Fsp3) is 0.533. The minimum atomic E-state index is -0.109. The molecule has 0 fully saturated rings. The third-order valence-electron chi connectivity index (χ3n) is 2.98. The van der Waals surface area contributed by atoms with E-state index in [-0.39, 0.29) is 5.91 Å². The van der Waals surface area contributed by atoms with Gasteiger partial charge in [-0.15, -0.1) is 0 Å². The number of nitrogens with one attached hydrogen (secondary N) is 2. The molecule has 112 valence electrons. The van der Waals surface area contributed by atoms with E-state index in [1.165, 1.54) is 4.90 Å². The quantitative estimate of drug-likeness (QED) is 0.751. The van der Waals surface area contributed by atoms with E-state index in [0.29, 0.717) is 29.5 Å². The third-order valence-corrected chi connectivity index (χ3v) is 2.98. The first-order chi connectivity index (χ1) is 9.46. The van der Waals surface area contributed by atoms with Crippen molar-refractivity contribution in [2.24, 2.45) is 5.92 Å². The van der Waals surface area contributed by atoms with Gasteiger partial charge in [0, 0.05) is 24.1 Å². The summed E-state index contributed by atoms with van der Waals surface area (Å²) in [4.78, 5) is 13.5. The lowest BCUT2D eigenvalue weighted by Crippen LogP contribution is -3.06. The Morgan fingerprint density at radius 3 is 2.20 bits per heavy atom. The molecule has 0 aromatic heterocycles. The molecule has 1 atom stereocenters. The molecule has 0 saturated carbocycles. The molecule has 20 heavy (non-hydrogen) atoms. The van der Waals surface area contributed by atoms with Gasteiger partial charge >= 0.3 is 0 Å².